The topological polar surface area (TPSA) is 23.5 Å². The largest absolute Gasteiger partial charge is 0.393 e. The Hall–Kier alpha value is -0.0800. The molecule has 1 heterocycles. The molecule has 0 aliphatic carbocycles. The van der Waals surface area contributed by atoms with E-state index in [1.165, 1.54) is 25.9 Å². The van der Waals surface area contributed by atoms with E-state index in [-0.39, 0.29) is 6.10 Å². The molecule has 0 saturated carbocycles. The zero-order valence-electron chi connectivity index (χ0n) is 8.29. The summed E-state index contributed by atoms with van der Waals surface area (Å²) in [4.78, 5) is 2.46. The quantitative estimate of drug-likeness (QED) is 0.695. The van der Waals surface area contributed by atoms with Gasteiger partial charge >= 0.3 is 0 Å². The zero-order valence-corrected chi connectivity index (χ0v) is 8.29. The highest BCUT2D eigenvalue weighted by atomic mass is 16.3. The average molecular weight is 171 g/mol. The van der Waals surface area contributed by atoms with E-state index in [4.69, 9.17) is 5.11 Å². The first kappa shape index (κ1) is 10.0. The van der Waals surface area contributed by atoms with Crippen LogP contribution >= 0.6 is 0 Å². The summed E-state index contributed by atoms with van der Waals surface area (Å²) >= 11 is 0. The van der Waals surface area contributed by atoms with E-state index in [0.29, 0.717) is 0 Å². The van der Waals surface area contributed by atoms with Gasteiger partial charge in [-0.15, -0.1) is 0 Å². The molecule has 1 saturated heterocycles. The lowest BCUT2D eigenvalue weighted by atomic mass is 9.99. The number of likely N-dealkylation sites (tertiary alicyclic amines) is 1. The van der Waals surface area contributed by atoms with E-state index in [1.807, 2.05) is 6.92 Å². The molecule has 1 unspecified atom stereocenters. The van der Waals surface area contributed by atoms with Gasteiger partial charge in [-0.25, -0.2) is 0 Å². The van der Waals surface area contributed by atoms with Gasteiger partial charge in [0.1, 0.15) is 0 Å². The van der Waals surface area contributed by atoms with Gasteiger partial charge in [0.2, 0.25) is 0 Å². The summed E-state index contributed by atoms with van der Waals surface area (Å²) in [6, 6.07) is 0. The second-order valence-electron chi connectivity index (χ2n) is 4.16. The van der Waals surface area contributed by atoms with Gasteiger partial charge in [-0.2, -0.15) is 0 Å². The summed E-state index contributed by atoms with van der Waals surface area (Å²) in [5.74, 6) is 0.910. The fourth-order valence-electron chi connectivity index (χ4n) is 1.66. The molecule has 72 valence electrons. The fraction of sp³-hybridized carbons (Fsp3) is 1.00. The second-order valence-corrected chi connectivity index (χ2v) is 4.16. The minimum atomic E-state index is -0.135. The summed E-state index contributed by atoms with van der Waals surface area (Å²) in [6.07, 6.45) is 3.46. The number of aliphatic hydroxyl groups excluding tert-OH is 1. The van der Waals surface area contributed by atoms with Crippen molar-refractivity contribution in [1.29, 1.82) is 0 Å². The number of hydrogen-bond acceptors (Lipinski definition) is 2. The Labute approximate surface area is 75.6 Å². The first-order chi connectivity index (χ1) is 5.68. The lowest BCUT2D eigenvalue weighted by Gasteiger charge is -2.30. The molecule has 0 bridgehead atoms. The first-order valence-corrected chi connectivity index (χ1v) is 5.09. The number of hydrogen-bond donors (Lipinski definition) is 1. The minimum absolute atomic E-state index is 0.135. The summed E-state index contributed by atoms with van der Waals surface area (Å²) in [7, 11) is 0. The molecule has 0 spiro atoms. The molecule has 0 aromatic carbocycles. The van der Waals surface area contributed by atoms with Crippen molar-refractivity contribution < 1.29 is 5.11 Å². The van der Waals surface area contributed by atoms with Gasteiger partial charge in [0.15, 0.2) is 0 Å². The summed E-state index contributed by atoms with van der Waals surface area (Å²) < 4.78 is 0. The standard InChI is InChI=1S/C10H21NO/c1-9-3-6-11(7-4-9)8-5-10(2)12/h9-10,12H,3-8H2,1-2H3. The van der Waals surface area contributed by atoms with Crippen LogP contribution in [0, 0.1) is 5.92 Å². The van der Waals surface area contributed by atoms with Gasteiger partial charge in [-0.3, -0.25) is 0 Å². The normalized spacial score (nSPS) is 24.2. The predicted octanol–water partition coefficient (Wildman–Crippen LogP) is 1.49. The molecule has 1 aliphatic rings. The molecule has 1 rings (SSSR count). The highest BCUT2D eigenvalue weighted by Gasteiger charge is 2.15. The van der Waals surface area contributed by atoms with Crippen molar-refractivity contribution >= 4 is 0 Å². The average Bonchev–Trinajstić information content (AvgIpc) is 2.03. The Kier molecular flexibility index (Phi) is 4.02. The lowest BCUT2D eigenvalue weighted by molar-refractivity contribution is 0.136. The zero-order chi connectivity index (χ0) is 8.97. The number of piperidine rings is 1. The Balaban J connectivity index is 2.09. The van der Waals surface area contributed by atoms with Crippen molar-refractivity contribution in [3.05, 3.63) is 0 Å². The molecule has 0 radical (unpaired) electrons. The van der Waals surface area contributed by atoms with Crippen LogP contribution in [0.5, 0.6) is 0 Å². The van der Waals surface area contributed by atoms with Gasteiger partial charge in [0, 0.05) is 6.54 Å². The molecular formula is C10H21NO. The molecule has 12 heavy (non-hydrogen) atoms. The molecule has 1 fully saturated rings. The Morgan fingerprint density at radius 1 is 1.42 bits per heavy atom. The van der Waals surface area contributed by atoms with Gasteiger partial charge in [0.25, 0.3) is 0 Å². The first-order valence-electron chi connectivity index (χ1n) is 5.09. The highest BCUT2D eigenvalue weighted by Crippen LogP contribution is 2.15. The number of nitrogens with zero attached hydrogens (tertiary/aromatic N) is 1. The molecule has 1 atom stereocenters. The van der Waals surface area contributed by atoms with Crippen molar-refractivity contribution in [3.63, 3.8) is 0 Å². The smallest absolute Gasteiger partial charge is 0.0524 e. The Morgan fingerprint density at radius 3 is 2.50 bits per heavy atom. The van der Waals surface area contributed by atoms with Crippen LogP contribution in [0.3, 0.4) is 0 Å². The van der Waals surface area contributed by atoms with Gasteiger partial charge < -0.3 is 10.0 Å². The van der Waals surface area contributed by atoms with Crippen LogP contribution in [-0.4, -0.2) is 35.7 Å². The number of rotatable bonds is 3. The minimum Gasteiger partial charge on any atom is -0.393 e. The fourth-order valence-corrected chi connectivity index (χ4v) is 1.66. The van der Waals surface area contributed by atoms with Crippen LogP contribution in [0.15, 0.2) is 0 Å². The van der Waals surface area contributed by atoms with E-state index in [1.54, 1.807) is 0 Å². The maximum absolute atomic E-state index is 9.11. The molecule has 1 N–H and O–H groups in total. The maximum atomic E-state index is 9.11. The van der Waals surface area contributed by atoms with Gasteiger partial charge in [-0.1, -0.05) is 6.92 Å². The Morgan fingerprint density at radius 2 is 2.00 bits per heavy atom. The van der Waals surface area contributed by atoms with Crippen molar-refractivity contribution in [3.8, 4) is 0 Å². The molecule has 1 aliphatic heterocycles. The molecular weight excluding hydrogens is 150 g/mol. The second kappa shape index (κ2) is 4.83. The van der Waals surface area contributed by atoms with Crippen molar-refractivity contribution in [2.24, 2.45) is 5.92 Å². The van der Waals surface area contributed by atoms with Crippen LogP contribution in [-0.2, 0) is 0 Å². The summed E-state index contributed by atoms with van der Waals surface area (Å²) in [5.41, 5.74) is 0. The van der Waals surface area contributed by atoms with Crippen LogP contribution in [0.1, 0.15) is 33.1 Å². The monoisotopic (exact) mass is 171 g/mol. The van der Waals surface area contributed by atoms with Gasteiger partial charge in [0.05, 0.1) is 6.10 Å². The van der Waals surface area contributed by atoms with Crippen molar-refractivity contribution in [2.45, 2.75) is 39.2 Å². The van der Waals surface area contributed by atoms with E-state index < -0.39 is 0 Å². The molecule has 0 aromatic heterocycles. The SMILES string of the molecule is CC(O)CCN1CCC(C)CC1. The number of aliphatic hydroxyl groups is 1. The van der Waals surface area contributed by atoms with Gasteiger partial charge in [-0.05, 0) is 45.2 Å². The molecule has 0 amide bonds. The summed E-state index contributed by atoms with van der Waals surface area (Å²) in [5, 5.41) is 9.11. The van der Waals surface area contributed by atoms with Crippen molar-refractivity contribution in [2.75, 3.05) is 19.6 Å². The Bertz CT molecular complexity index is 117. The predicted molar refractivity (Wildman–Crippen MR) is 51.1 cm³/mol. The van der Waals surface area contributed by atoms with Crippen LogP contribution in [0.25, 0.3) is 0 Å². The molecule has 0 aromatic rings. The van der Waals surface area contributed by atoms with Crippen LogP contribution in [0.4, 0.5) is 0 Å². The summed E-state index contributed by atoms with van der Waals surface area (Å²) in [6.45, 7) is 7.73. The van der Waals surface area contributed by atoms with Crippen LogP contribution < -0.4 is 0 Å². The highest BCUT2D eigenvalue weighted by molar-refractivity contribution is 4.69. The van der Waals surface area contributed by atoms with Crippen molar-refractivity contribution in [1.82, 2.24) is 4.90 Å². The third kappa shape index (κ3) is 3.55. The van der Waals surface area contributed by atoms with E-state index >= 15 is 0 Å². The van der Waals surface area contributed by atoms with E-state index in [0.717, 1.165) is 18.9 Å². The third-order valence-corrected chi connectivity index (χ3v) is 2.74. The van der Waals surface area contributed by atoms with E-state index in [9.17, 15) is 0 Å². The van der Waals surface area contributed by atoms with Crippen LogP contribution in [0.2, 0.25) is 0 Å². The maximum Gasteiger partial charge on any atom is 0.0524 e. The molecule has 2 heteroatoms. The van der Waals surface area contributed by atoms with E-state index in [2.05, 4.69) is 11.8 Å². The molecule has 2 nitrogen and oxygen atoms in total. The lowest BCUT2D eigenvalue weighted by Crippen LogP contribution is -2.34. The third-order valence-electron chi connectivity index (χ3n) is 2.74.